The van der Waals surface area contributed by atoms with Gasteiger partial charge in [0.05, 0.1) is 4.90 Å². The summed E-state index contributed by atoms with van der Waals surface area (Å²) in [5.74, 6) is 0. The Hall–Kier alpha value is -1.69. The SMILES string of the molecule is Cc1ccccc1CNS(=O)(=O)c1cccc(CN)c1C. The first-order chi connectivity index (χ1) is 9.95. The third kappa shape index (κ3) is 3.50. The Morgan fingerprint density at radius 3 is 2.33 bits per heavy atom. The topological polar surface area (TPSA) is 72.2 Å². The van der Waals surface area contributed by atoms with Crippen LogP contribution in [0.5, 0.6) is 0 Å². The van der Waals surface area contributed by atoms with E-state index in [1.54, 1.807) is 19.1 Å². The van der Waals surface area contributed by atoms with Gasteiger partial charge in [-0.25, -0.2) is 13.1 Å². The van der Waals surface area contributed by atoms with Crippen LogP contribution in [0.2, 0.25) is 0 Å². The van der Waals surface area contributed by atoms with Crippen LogP contribution in [0.15, 0.2) is 47.4 Å². The van der Waals surface area contributed by atoms with Gasteiger partial charge in [0.1, 0.15) is 0 Å². The second kappa shape index (κ2) is 6.39. The number of sulfonamides is 1. The molecule has 5 heteroatoms. The van der Waals surface area contributed by atoms with Crippen LogP contribution in [0, 0.1) is 13.8 Å². The summed E-state index contributed by atoms with van der Waals surface area (Å²) in [5, 5.41) is 0. The molecule has 3 N–H and O–H groups in total. The van der Waals surface area contributed by atoms with Crippen LogP contribution in [0.25, 0.3) is 0 Å². The molecule has 0 spiro atoms. The Labute approximate surface area is 126 Å². The van der Waals surface area contributed by atoms with Crippen LogP contribution in [-0.4, -0.2) is 8.42 Å². The van der Waals surface area contributed by atoms with Crippen LogP contribution in [0.3, 0.4) is 0 Å². The molecule has 0 unspecified atom stereocenters. The molecule has 0 radical (unpaired) electrons. The van der Waals surface area contributed by atoms with Crippen LogP contribution in [-0.2, 0) is 23.1 Å². The fourth-order valence-corrected chi connectivity index (χ4v) is 3.52. The first-order valence-corrected chi connectivity index (χ1v) is 8.27. The lowest BCUT2D eigenvalue weighted by Gasteiger charge is -2.12. The average molecular weight is 304 g/mol. The quantitative estimate of drug-likeness (QED) is 0.890. The van der Waals surface area contributed by atoms with E-state index in [0.29, 0.717) is 17.0 Å². The summed E-state index contributed by atoms with van der Waals surface area (Å²) in [6.45, 7) is 4.35. The maximum absolute atomic E-state index is 12.5. The molecular weight excluding hydrogens is 284 g/mol. The Bertz CT molecular complexity index is 740. The Morgan fingerprint density at radius 2 is 1.67 bits per heavy atom. The summed E-state index contributed by atoms with van der Waals surface area (Å²) in [6.07, 6.45) is 0. The molecule has 21 heavy (non-hydrogen) atoms. The molecule has 2 aromatic carbocycles. The molecule has 0 aromatic heterocycles. The Morgan fingerprint density at radius 1 is 1.00 bits per heavy atom. The van der Waals surface area contributed by atoms with Gasteiger partial charge in [0.2, 0.25) is 10.0 Å². The molecule has 0 saturated heterocycles. The van der Waals surface area contributed by atoms with E-state index >= 15 is 0 Å². The van der Waals surface area contributed by atoms with E-state index in [1.807, 2.05) is 37.3 Å². The van der Waals surface area contributed by atoms with Gasteiger partial charge in [-0.2, -0.15) is 0 Å². The summed E-state index contributed by atoms with van der Waals surface area (Å²) in [6, 6.07) is 12.9. The van der Waals surface area contributed by atoms with Crippen molar-refractivity contribution in [3.8, 4) is 0 Å². The van der Waals surface area contributed by atoms with Crippen LogP contribution >= 0.6 is 0 Å². The Kier molecular flexibility index (Phi) is 4.77. The number of nitrogens with one attached hydrogen (secondary N) is 1. The number of aryl methyl sites for hydroxylation is 1. The number of hydrogen-bond donors (Lipinski definition) is 2. The van der Waals surface area contributed by atoms with E-state index in [-0.39, 0.29) is 6.54 Å². The highest BCUT2D eigenvalue weighted by atomic mass is 32.2. The molecule has 2 aromatic rings. The van der Waals surface area contributed by atoms with E-state index in [1.165, 1.54) is 0 Å². The largest absolute Gasteiger partial charge is 0.326 e. The predicted octanol–water partition coefficient (Wildman–Crippen LogP) is 2.24. The molecule has 0 saturated carbocycles. The highest BCUT2D eigenvalue weighted by molar-refractivity contribution is 7.89. The first kappa shape index (κ1) is 15.7. The number of hydrogen-bond acceptors (Lipinski definition) is 3. The fourth-order valence-electron chi connectivity index (χ4n) is 2.23. The first-order valence-electron chi connectivity index (χ1n) is 6.78. The van der Waals surface area contributed by atoms with Gasteiger partial charge < -0.3 is 5.73 Å². The van der Waals surface area contributed by atoms with Gasteiger partial charge in [0.25, 0.3) is 0 Å². The van der Waals surface area contributed by atoms with Gasteiger partial charge in [-0.15, -0.1) is 0 Å². The van der Waals surface area contributed by atoms with Crippen molar-refractivity contribution in [2.45, 2.75) is 31.8 Å². The molecule has 0 aliphatic rings. The van der Waals surface area contributed by atoms with Gasteiger partial charge in [-0.1, -0.05) is 36.4 Å². The van der Waals surface area contributed by atoms with Crippen molar-refractivity contribution in [3.63, 3.8) is 0 Å². The molecule has 0 aliphatic heterocycles. The third-order valence-corrected chi connectivity index (χ3v) is 5.17. The second-order valence-corrected chi connectivity index (χ2v) is 6.73. The van der Waals surface area contributed by atoms with E-state index in [4.69, 9.17) is 5.73 Å². The van der Waals surface area contributed by atoms with E-state index in [9.17, 15) is 8.42 Å². The summed E-state index contributed by atoms with van der Waals surface area (Å²) in [4.78, 5) is 0.291. The molecule has 4 nitrogen and oxygen atoms in total. The maximum Gasteiger partial charge on any atom is 0.241 e. The summed E-state index contributed by atoms with van der Waals surface area (Å²) in [7, 11) is -3.54. The monoisotopic (exact) mass is 304 g/mol. The highest BCUT2D eigenvalue weighted by Gasteiger charge is 2.17. The lowest BCUT2D eigenvalue weighted by atomic mass is 10.1. The number of benzene rings is 2. The van der Waals surface area contributed by atoms with Crippen molar-refractivity contribution >= 4 is 10.0 Å². The van der Waals surface area contributed by atoms with Gasteiger partial charge >= 0.3 is 0 Å². The van der Waals surface area contributed by atoms with Crippen molar-refractivity contribution in [1.29, 1.82) is 0 Å². The predicted molar refractivity (Wildman–Crippen MR) is 84.3 cm³/mol. The van der Waals surface area contributed by atoms with Crippen molar-refractivity contribution in [2.75, 3.05) is 0 Å². The van der Waals surface area contributed by atoms with E-state index in [2.05, 4.69) is 4.72 Å². The van der Waals surface area contributed by atoms with Crippen molar-refractivity contribution < 1.29 is 8.42 Å². The molecule has 0 amide bonds. The normalized spacial score (nSPS) is 11.6. The maximum atomic E-state index is 12.5. The molecule has 0 fully saturated rings. The van der Waals surface area contributed by atoms with Gasteiger partial charge in [0.15, 0.2) is 0 Å². The zero-order valence-electron chi connectivity index (χ0n) is 12.3. The lowest BCUT2D eigenvalue weighted by molar-refractivity contribution is 0.580. The number of rotatable bonds is 5. The molecular formula is C16H20N2O2S. The minimum Gasteiger partial charge on any atom is -0.326 e. The Balaban J connectivity index is 2.26. The fraction of sp³-hybridized carbons (Fsp3) is 0.250. The van der Waals surface area contributed by atoms with Crippen LogP contribution in [0.1, 0.15) is 22.3 Å². The zero-order valence-corrected chi connectivity index (χ0v) is 13.1. The van der Waals surface area contributed by atoms with Crippen molar-refractivity contribution in [2.24, 2.45) is 5.73 Å². The minimum absolute atomic E-state index is 0.279. The molecule has 0 bridgehead atoms. The molecule has 2 rings (SSSR count). The zero-order chi connectivity index (χ0) is 15.5. The van der Waals surface area contributed by atoms with Gasteiger partial charge in [-0.3, -0.25) is 0 Å². The molecule has 0 atom stereocenters. The highest BCUT2D eigenvalue weighted by Crippen LogP contribution is 2.19. The van der Waals surface area contributed by atoms with E-state index < -0.39 is 10.0 Å². The minimum atomic E-state index is -3.54. The van der Waals surface area contributed by atoms with Crippen molar-refractivity contribution in [1.82, 2.24) is 4.72 Å². The average Bonchev–Trinajstić information content (AvgIpc) is 2.46. The smallest absolute Gasteiger partial charge is 0.241 e. The van der Waals surface area contributed by atoms with Crippen LogP contribution in [0.4, 0.5) is 0 Å². The number of nitrogens with two attached hydrogens (primary N) is 1. The van der Waals surface area contributed by atoms with E-state index in [0.717, 1.165) is 16.7 Å². The molecule has 0 heterocycles. The summed E-state index contributed by atoms with van der Waals surface area (Å²) in [5.41, 5.74) is 9.21. The molecule has 0 aliphatic carbocycles. The van der Waals surface area contributed by atoms with Crippen molar-refractivity contribution in [3.05, 3.63) is 64.7 Å². The standard InChI is InChI=1S/C16H20N2O2S/c1-12-6-3-4-7-15(12)11-18-21(19,20)16-9-5-8-14(10-17)13(16)2/h3-9,18H,10-11,17H2,1-2H3. The summed E-state index contributed by atoms with van der Waals surface area (Å²) < 4.78 is 27.6. The third-order valence-electron chi connectivity index (χ3n) is 3.62. The lowest BCUT2D eigenvalue weighted by Crippen LogP contribution is -2.24. The van der Waals surface area contributed by atoms with Gasteiger partial charge in [0, 0.05) is 13.1 Å². The molecule has 112 valence electrons. The second-order valence-electron chi connectivity index (χ2n) is 5.00. The summed E-state index contributed by atoms with van der Waals surface area (Å²) >= 11 is 0. The van der Waals surface area contributed by atoms with Crippen LogP contribution < -0.4 is 10.5 Å². The van der Waals surface area contributed by atoms with Gasteiger partial charge in [-0.05, 0) is 42.2 Å².